The minimum Gasteiger partial charge on any atom is -0.329 e. The molecule has 0 radical (unpaired) electrons. The third-order valence-electron chi connectivity index (χ3n) is 2.18. The topological polar surface area (TPSA) is 50.7 Å². The van der Waals surface area contributed by atoms with Crippen LogP contribution in [0.2, 0.25) is 5.02 Å². The molecule has 0 aromatic carbocycles. The average molecular weight is 276 g/mol. The summed E-state index contributed by atoms with van der Waals surface area (Å²) in [5, 5.41) is 0.565. The first kappa shape index (κ1) is 11.8. The molecule has 0 aliphatic heterocycles. The number of imidazole rings is 1. The Labute approximate surface area is 105 Å². The Balaban J connectivity index is 2.48. The number of hydrogen-bond donors (Lipinski definition) is 1. The summed E-state index contributed by atoms with van der Waals surface area (Å²) < 4.78 is 13.5. The molecule has 0 spiro atoms. The van der Waals surface area contributed by atoms with Gasteiger partial charge in [-0.1, -0.05) is 11.6 Å². The summed E-state index contributed by atoms with van der Waals surface area (Å²) in [6, 6.07) is 1.78. The Morgan fingerprint density at radius 2 is 2.44 bits per heavy atom. The number of rotatable bonds is 3. The van der Waals surface area contributed by atoms with Crippen LogP contribution >= 0.6 is 23.8 Å². The monoisotopic (exact) mass is 275 g/mol. The number of hydrogen-bond acceptors (Lipinski definition) is 3. The van der Waals surface area contributed by atoms with Crippen LogP contribution in [0, 0.1) is 4.77 Å². The van der Waals surface area contributed by atoms with E-state index in [0.717, 1.165) is 11.2 Å². The predicted molar refractivity (Wildman–Crippen MR) is 68.9 cm³/mol. The quantitative estimate of drug-likeness (QED) is 0.873. The van der Waals surface area contributed by atoms with Gasteiger partial charge in [-0.3, -0.25) is 4.21 Å². The zero-order valence-corrected chi connectivity index (χ0v) is 11.0. The number of nitrogens with zero attached hydrogens (tertiary/aromatic N) is 2. The Morgan fingerprint density at radius 3 is 3.12 bits per heavy atom. The van der Waals surface area contributed by atoms with E-state index in [0.29, 0.717) is 22.1 Å². The molecule has 0 saturated carbocycles. The van der Waals surface area contributed by atoms with Gasteiger partial charge in [-0.15, -0.1) is 0 Å². The Morgan fingerprint density at radius 1 is 1.69 bits per heavy atom. The molecule has 0 aliphatic rings. The van der Waals surface area contributed by atoms with Crippen LogP contribution in [0.25, 0.3) is 11.2 Å². The largest absolute Gasteiger partial charge is 0.329 e. The summed E-state index contributed by atoms with van der Waals surface area (Å²) in [5.74, 6) is 0.561. The minimum atomic E-state index is -0.841. The SMILES string of the molecule is CS(=O)CCn1c(=S)[nH]c2cc(Cl)cnc21. The van der Waals surface area contributed by atoms with E-state index in [1.54, 1.807) is 18.5 Å². The molecular formula is C9H10ClN3OS2. The summed E-state index contributed by atoms with van der Waals surface area (Å²) in [7, 11) is -0.841. The van der Waals surface area contributed by atoms with Crippen LogP contribution < -0.4 is 0 Å². The zero-order valence-electron chi connectivity index (χ0n) is 8.57. The van der Waals surface area contributed by atoms with Crippen LogP contribution in [0.4, 0.5) is 0 Å². The Kier molecular flexibility index (Phi) is 3.41. The smallest absolute Gasteiger partial charge is 0.179 e. The van der Waals surface area contributed by atoms with Crippen molar-refractivity contribution >= 4 is 45.8 Å². The van der Waals surface area contributed by atoms with E-state index in [2.05, 4.69) is 9.97 Å². The van der Waals surface area contributed by atoms with Gasteiger partial charge in [-0.25, -0.2) is 4.98 Å². The van der Waals surface area contributed by atoms with Crippen molar-refractivity contribution in [1.29, 1.82) is 0 Å². The van der Waals surface area contributed by atoms with Gasteiger partial charge >= 0.3 is 0 Å². The number of aromatic nitrogens is 3. The predicted octanol–water partition coefficient (Wildman–Crippen LogP) is 2.13. The normalized spacial score (nSPS) is 13.1. The van der Waals surface area contributed by atoms with Crippen molar-refractivity contribution < 1.29 is 4.21 Å². The van der Waals surface area contributed by atoms with Crippen LogP contribution in [-0.4, -0.2) is 30.8 Å². The lowest BCUT2D eigenvalue weighted by Gasteiger charge is -2.01. The second-order valence-corrected chi connectivity index (χ2v) is 5.76. The van der Waals surface area contributed by atoms with Crippen molar-refractivity contribution in [3.63, 3.8) is 0 Å². The van der Waals surface area contributed by atoms with Gasteiger partial charge in [0, 0.05) is 35.5 Å². The Bertz CT molecular complexity index is 604. The number of aryl methyl sites for hydroxylation is 1. The van der Waals surface area contributed by atoms with Crippen LogP contribution in [0.1, 0.15) is 0 Å². The first-order valence-corrected chi connectivity index (χ1v) is 7.13. The maximum absolute atomic E-state index is 11.1. The van der Waals surface area contributed by atoms with Crippen molar-refractivity contribution in [1.82, 2.24) is 14.5 Å². The summed E-state index contributed by atoms with van der Waals surface area (Å²) in [5.41, 5.74) is 1.55. The molecule has 2 heterocycles. The molecule has 16 heavy (non-hydrogen) atoms. The minimum absolute atomic E-state index is 0.561. The first-order chi connectivity index (χ1) is 7.58. The van der Waals surface area contributed by atoms with E-state index in [1.165, 1.54) is 0 Å². The number of nitrogens with one attached hydrogen (secondary N) is 1. The summed E-state index contributed by atoms with van der Waals surface area (Å²) >= 11 is 11.0. The molecule has 2 rings (SSSR count). The highest BCUT2D eigenvalue weighted by atomic mass is 35.5. The van der Waals surface area contributed by atoms with E-state index in [9.17, 15) is 4.21 Å². The van der Waals surface area contributed by atoms with Crippen LogP contribution in [-0.2, 0) is 17.3 Å². The number of H-pyrrole nitrogens is 1. The van der Waals surface area contributed by atoms with E-state index in [-0.39, 0.29) is 0 Å². The highest BCUT2D eigenvalue weighted by molar-refractivity contribution is 7.84. The fourth-order valence-electron chi connectivity index (χ4n) is 1.45. The van der Waals surface area contributed by atoms with Gasteiger partial charge in [0.1, 0.15) is 0 Å². The molecule has 2 aromatic heterocycles. The molecule has 0 saturated heterocycles. The van der Waals surface area contributed by atoms with Gasteiger partial charge in [0.25, 0.3) is 0 Å². The molecule has 0 amide bonds. The van der Waals surface area contributed by atoms with Crippen LogP contribution in [0.5, 0.6) is 0 Å². The molecule has 1 atom stereocenters. The fraction of sp³-hybridized carbons (Fsp3) is 0.333. The molecule has 1 unspecified atom stereocenters. The average Bonchev–Trinajstić information content (AvgIpc) is 2.50. The lowest BCUT2D eigenvalue weighted by molar-refractivity contribution is 0.678. The van der Waals surface area contributed by atoms with Gasteiger partial charge in [0.2, 0.25) is 0 Å². The van der Waals surface area contributed by atoms with Gasteiger partial charge in [0.15, 0.2) is 10.4 Å². The maximum Gasteiger partial charge on any atom is 0.179 e. The molecule has 1 N–H and O–H groups in total. The number of aromatic amines is 1. The summed E-state index contributed by atoms with van der Waals surface area (Å²) in [4.78, 5) is 7.24. The molecule has 2 aromatic rings. The second kappa shape index (κ2) is 4.65. The highest BCUT2D eigenvalue weighted by Gasteiger charge is 2.06. The summed E-state index contributed by atoms with van der Waals surface area (Å²) in [6.07, 6.45) is 3.24. The first-order valence-electron chi connectivity index (χ1n) is 4.62. The lowest BCUT2D eigenvalue weighted by atomic mass is 10.4. The van der Waals surface area contributed by atoms with Crippen molar-refractivity contribution in [3.05, 3.63) is 22.1 Å². The van der Waals surface area contributed by atoms with E-state index >= 15 is 0 Å². The molecule has 4 nitrogen and oxygen atoms in total. The Hall–Kier alpha value is -0.720. The van der Waals surface area contributed by atoms with Crippen molar-refractivity contribution in [2.45, 2.75) is 6.54 Å². The third kappa shape index (κ3) is 2.34. The van der Waals surface area contributed by atoms with E-state index in [4.69, 9.17) is 23.8 Å². The maximum atomic E-state index is 11.1. The van der Waals surface area contributed by atoms with Crippen LogP contribution in [0.15, 0.2) is 12.3 Å². The van der Waals surface area contributed by atoms with Crippen molar-refractivity contribution in [2.75, 3.05) is 12.0 Å². The molecule has 0 aliphatic carbocycles. The highest BCUT2D eigenvalue weighted by Crippen LogP contribution is 2.16. The standard InChI is InChI=1S/C9H10ClN3OS2/c1-16(14)3-2-13-8-7(12-9(13)15)4-6(10)5-11-8/h4-5H,2-3H2,1H3,(H,12,15). The molecule has 0 bridgehead atoms. The zero-order chi connectivity index (χ0) is 11.7. The third-order valence-corrected chi connectivity index (χ3v) is 3.46. The number of pyridine rings is 1. The second-order valence-electron chi connectivity index (χ2n) is 3.38. The van der Waals surface area contributed by atoms with Crippen LogP contribution in [0.3, 0.4) is 0 Å². The van der Waals surface area contributed by atoms with Gasteiger partial charge in [0.05, 0.1) is 10.5 Å². The fourth-order valence-corrected chi connectivity index (χ4v) is 2.33. The van der Waals surface area contributed by atoms with Gasteiger partial charge in [-0.2, -0.15) is 0 Å². The molecule has 86 valence electrons. The number of fused-ring (bicyclic) bond motifs is 1. The molecular weight excluding hydrogens is 266 g/mol. The lowest BCUT2D eigenvalue weighted by Crippen LogP contribution is -2.06. The van der Waals surface area contributed by atoms with E-state index < -0.39 is 10.8 Å². The molecule has 7 heteroatoms. The molecule has 0 fully saturated rings. The van der Waals surface area contributed by atoms with Gasteiger partial charge < -0.3 is 9.55 Å². The number of halogens is 1. The van der Waals surface area contributed by atoms with Gasteiger partial charge in [-0.05, 0) is 18.3 Å². The summed E-state index contributed by atoms with van der Waals surface area (Å²) in [6.45, 7) is 0.594. The van der Waals surface area contributed by atoms with E-state index in [1.807, 2.05) is 4.57 Å². The van der Waals surface area contributed by atoms with Crippen molar-refractivity contribution in [3.8, 4) is 0 Å². The van der Waals surface area contributed by atoms with Crippen molar-refractivity contribution in [2.24, 2.45) is 0 Å².